The number of aliphatic hydroxyl groups excluding tert-OH is 3. The molecule has 0 aromatic rings. The van der Waals surface area contributed by atoms with Crippen LogP contribution in [0.15, 0.2) is 12.2 Å². The van der Waals surface area contributed by atoms with E-state index in [9.17, 15) is 15.0 Å². The lowest BCUT2D eigenvalue weighted by Crippen LogP contribution is -2.71. The lowest BCUT2D eigenvalue weighted by atomic mass is 9.71. The van der Waals surface area contributed by atoms with E-state index in [0.717, 1.165) is 5.57 Å². The quantitative estimate of drug-likeness (QED) is 0.237. The molecule has 0 radical (unpaired) electrons. The number of halogens is 2. The van der Waals surface area contributed by atoms with Crippen LogP contribution >= 0.6 is 0 Å². The molecule has 1 amide bonds. The molecule has 3 aliphatic heterocycles. The number of alkyl halides is 2. The summed E-state index contributed by atoms with van der Waals surface area (Å²) in [5.41, 5.74) is -0.974. The first-order valence-electron chi connectivity index (χ1n) is 13.2. The van der Waals surface area contributed by atoms with Crippen molar-refractivity contribution in [1.29, 1.82) is 0 Å². The molecule has 38 heavy (non-hydrogen) atoms. The highest BCUT2D eigenvalue weighted by molar-refractivity contribution is 5.82. The van der Waals surface area contributed by atoms with Crippen molar-refractivity contribution in [1.82, 2.24) is 5.32 Å². The zero-order valence-corrected chi connectivity index (χ0v) is 22.8. The Labute approximate surface area is 222 Å². The fourth-order valence-electron chi connectivity index (χ4n) is 5.34. The van der Waals surface area contributed by atoms with Gasteiger partial charge < -0.3 is 44.3 Å². The molecule has 12 heteroatoms. The average Bonchev–Trinajstić information content (AvgIpc) is 2.86. The summed E-state index contributed by atoms with van der Waals surface area (Å²) in [5.74, 6) is -6.09. The minimum absolute atomic E-state index is 0.0229. The minimum Gasteiger partial charge on any atom is -0.396 e. The highest BCUT2D eigenvalue weighted by Crippen LogP contribution is 2.52. The largest absolute Gasteiger partial charge is 0.396 e. The lowest BCUT2D eigenvalue weighted by molar-refractivity contribution is -0.372. The third-order valence-corrected chi connectivity index (χ3v) is 8.37. The van der Waals surface area contributed by atoms with Crippen LogP contribution in [-0.2, 0) is 28.5 Å². The Morgan fingerprint density at radius 2 is 1.92 bits per heavy atom. The number of aliphatic hydroxyl groups is 3. The smallest absolute Gasteiger partial charge is 0.283 e. The number of hydrogen-bond donors (Lipinski definition) is 4. The van der Waals surface area contributed by atoms with Gasteiger partial charge in [-0.15, -0.1) is 0 Å². The van der Waals surface area contributed by atoms with Crippen LogP contribution < -0.4 is 5.32 Å². The third kappa shape index (κ3) is 5.92. The van der Waals surface area contributed by atoms with Gasteiger partial charge in [0.25, 0.3) is 11.8 Å². The predicted molar refractivity (Wildman–Crippen MR) is 131 cm³/mol. The Kier molecular flexibility index (Phi) is 9.95. The standard InChI is InChI=1S/C26H43F2NO9/c1-14-12-25(34-6,38-16(3)15(14)2)20(32)22(33)29-23-19-21(35-13-36-23)26(27,28)24(4,5)18(37-19)11-17(31)9-7-8-10-30/h15-21,23,30-32H,1,7-13H2,2-6H3,(H,29,33)/t15-,16-,17?,18?,19+,20?,21+,23?,25-/m1/s1. The minimum atomic E-state index is -3.40. The van der Waals surface area contributed by atoms with E-state index in [4.69, 9.17) is 28.8 Å². The van der Waals surface area contributed by atoms with E-state index in [1.54, 1.807) is 6.92 Å². The first kappa shape index (κ1) is 31.3. The van der Waals surface area contributed by atoms with Crippen molar-refractivity contribution in [3.05, 3.63) is 12.2 Å². The van der Waals surface area contributed by atoms with Gasteiger partial charge in [0.1, 0.15) is 12.9 Å². The number of carbonyl (C=O) groups is 1. The first-order chi connectivity index (χ1) is 17.7. The Balaban J connectivity index is 1.77. The van der Waals surface area contributed by atoms with Gasteiger partial charge >= 0.3 is 0 Å². The Morgan fingerprint density at radius 1 is 1.24 bits per heavy atom. The van der Waals surface area contributed by atoms with Crippen LogP contribution in [0.2, 0.25) is 0 Å². The van der Waals surface area contributed by atoms with Crippen LogP contribution in [-0.4, -0.2) is 96.3 Å². The number of rotatable bonds is 10. The number of carbonyl (C=O) groups excluding carboxylic acids is 1. The molecule has 0 aromatic carbocycles. The van der Waals surface area contributed by atoms with Gasteiger partial charge in [0.15, 0.2) is 18.4 Å². The first-order valence-corrected chi connectivity index (χ1v) is 13.2. The second kappa shape index (κ2) is 12.1. The highest BCUT2D eigenvalue weighted by atomic mass is 19.3. The molecule has 3 rings (SSSR count). The molecular weight excluding hydrogens is 508 g/mol. The van der Waals surface area contributed by atoms with Gasteiger partial charge in [-0.1, -0.05) is 32.9 Å². The molecule has 0 saturated carbocycles. The van der Waals surface area contributed by atoms with Crippen molar-refractivity contribution < 1.29 is 52.6 Å². The van der Waals surface area contributed by atoms with Crippen molar-refractivity contribution in [2.24, 2.45) is 11.3 Å². The molecule has 9 atom stereocenters. The molecule has 3 aliphatic rings. The summed E-state index contributed by atoms with van der Waals surface area (Å²) in [7, 11) is 1.30. The number of fused-ring (bicyclic) bond motifs is 1. The number of amides is 1. The predicted octanol–water partition coefficient (Wildman–Crippen LogP) is 1.85. The number of hydrogen-bond acceptors (Lipinski definition) is 9. The molecule has 10 nitrogen and oxygen atoms in total. The van der Waals surface area contributed by atoms with Crippen LogP contribution in [0.3, 0.4) is 0 Å². The van der Waals surface area contributed by atoms with Crippen molar-refractivity contribution in [2.45, 2.75) is 114 Å². The van der Waals surface area contributed by atoms with Gasteiger partial charge in [0.2, 0.25) is 5.79 Å². The van der Waals surface area contributed by atoms with Gasteiger partial charge in [-0.05, 0) is 26.2 Å². The van der Waals surface area contributed by atoms with Crippen LogP contribution in [0.5, 0.6) is 0 Å². The van der Waals surface area contributed by atoms with E-state index < -0.39 is 72.7 Å². The van der Waals surface area contributed by atoms with E-state index >= 15 is 8.78 Å². The Morgan fingerprint density at radius 3 is 2.53 bits per heavy atom. The van der Waals surface area contributed by atoms with Crippen molar-refractivity contribution in [3.63, 3.8) is 0 Å². The molecule has 0 aromatic heterocycles. The summed E-state index contributed by atoms with van der Waals surface area (Å²) < 4.78 is 59.6. The Hall–Kier alpha value is -1.25. The zero-order valence-electron chi connectivity index (χ0n) is 22.8. The normalized spacial score (nSPS) is 38.2. The fraction of sp³-hybridized carbons (Fsp3) is 0.885. The highest BCUT2D eigenvalue weighted by Gasteiger charge is 2.66. The molecule has 4 N–H and O–H groups in total. The molecule has 3 heterocycles. The molecule has 3 fully saturated rings. The molecular formula is C26H43F2NO9. The summed E-state index contributed by atoms with van der Waals surface area (Å²) in [5, 5.41) is 32.9. The summed E-state index contributed by atoms with van der Waals surface area (Å²) in [6.07, 6.45) is -7.47. The van der Waals surface area contributed by atoms with Crippen LogP contribution in [0.25, 0.3) is 0 Å². The SMILES string of the molecule is C=C1C[C@](OC)(C(O)C(=O)NC2OCO[C@H]3[C@@H]2OC(CC(O)CCCCO)C(C)(C)C3(F)F)O[C@H](C)[C@@H]1C. The molecule has 3 saturated heterocycles. The average molecular weight is 552 g/mol. The number of nitrogens with one attached hydrogen (secondary N) is 1. The summed E-state index contributed by atoms with van der Waals surface area (Å²) in [6, 6.07) is 0. The maximum Gasteiger partial charge on any atom is 0.283 e. The third-order valence-electron chi connectivity index (χ3n) is 8.37. The van der Waals surface area contributed by atoms with Gasteiger partial charge in [0.05, 0.1) is 23.7 Å². The van der Waals surface area contributed by atoms with Gasteiger partial charge in [0, 0.05) is 32.5 Å². The number of ether oxygens (including phenoxy) is 5. The zero-order chi connectivity index (χ0) is 28.5. The van der Waals surface area contributed by atoms with Crippen molar-refractivity contribution in [2.75, 3.05) is 20.5 Å². The van der Waals surface area contributed by atoms with E-state index in [1.807, 2.05) is 6.92 Å². The summed E-state index contributed by atoms with van der Waals surface area (Å²) in [6.45, 7) is 9.84. The maximum absolute atomic E-state index is 15.7. The van der Waals surface area contributed by atoms with Gasteiger partial charge in [-0.2, -0.15) is 0 Å². The Bertz CT molecular complexity index is 844. The molecule has 0 spiro atoms. The second-order valence-corrected chi connectivity index (χ2v) is 11.2. The molecule has 220 valence electrons. The lowest BCUT2D eigenvalue weighted by Gasteiger charge is -2.54. The maximum atomic E-state index is 15.7. The van der Waals surface area contributed by atoms with Crippen LogP contribution in [0, 0.1) is 11.3 Å². The van der Waals surface area contributed by atoms with Crippen LogP contribution in [0.1, 0.15) is 59.8 Å². The molecule has 0 aliphatic carbocycles. The molecule has 4 unspecified atom stereocenters. The number of methoxy groups -OCH3 is 1. The van der Waals surface area contributed by atoms with Gasteiger partial charge in [-0.25, -0.2) is 8.78 Å². The van der Waals surface area contributed by atoms with Crippen molar-refractivity contribution >= 4 is 5.91 Å². The fourth-order valence-corrected chi connectivity index (χ4v) is 5.34. The van der Waals surface area contributed by atoms with E-state index in [1.165, 1.54) is 21.0 Å². The van der Waals surface area contributed by atoms with E-state index in [2.05, 4.69) is 11.9 Å². The molecule has 0 bridgehead atoms. The van der Waals surface area contributed by atoms with Crippen LogP contribution in [0.4, 0.5) is 8.78 Å². The topological polar surface area (TPSA) is 136 Å². The van der Waals surface area contributed by atoms with Gasteiger partial charge in [-0.3, -0.25) is 4.79 Å². The monoisotopic (exact) mass is 551 g/mol. The summed E-state index contributed by atoms with van der Waals surface area (Å²) >= 11 is 0. The van der Waals surface area contributed by atoms with E-state index in [0.29, 0.717) is 19.3 Å². The second-order valence-electron chi connectivity index (χ2n) is 11.2. The van der Waals surface area contributed by atoms with E-state index in [-0.39, 0.29) is 25.4 Å². The number of unbranched alkanes of at least 4 members (excludes halogenated alkanes) is 1. The summed E-state index contributed by atoms with van der Waals surface area (Å²) in [4.78, 5) is 13.2. The van der Waals surface area contributed by atoms with Crippen molar-refractivity contribution in [3.8, 4) is 0 Å².